The van der Waals surface area contributed by atoms with Crippen LogP contribution in [0.2, 0.25) is 0 Å². The Morgan fingerprint density at radius 2 is 0.635 bits per heavy atom. The van der Waals surface area contributed by atoms with Crippen LogP contribution in [0.1, 0.15) is 373 Å². The molecule has 0 saturated carbocycles. The maximum absolute atomic E-state index is 12.5. The average Bonchev–Trinajstić information content (AvgIpc) is 3.40. The molecule has 0 spiro atoms. The predicted octanol–water partition coefficient (Wildman–Crippen LogP) is 21.4. The highest BCUT2D eigenvalue weighted by Gasteiger charge is 2.18. The molecule has 0 aliphatic rings. The first kappa shape index (κ1) is 72.3. The molecule has 0 aromatic carbocycles. The Morgan fingerprint density at radius 3 is 0.959 bits per heavy atom. The van der Waals surface area contributed by atoms with Crippen LogP contribution < -0.4 is 5.32 Å². The Balaban J connectivity index is 3.35. The molecule has 1 amide bonds. The van der Waals surface area contributed by atoms with Gasteiger partial charge in [0.2, 0.25) is 5.91 Å². The molecule has 0 aliphatic carbocycles. The molecule has 0 bridgehead atoms. The van der Waals surface area contributed by atoms with Crippen LogP contribution in [-0.4, -0.2) is 47.4 Å². The summed E-state index contributed by atoms with van der Waals surface area (Å²) < 4.78 is 5.51. The van der Waals surface area contributed by atoms with E-state index in [0.29, 0.717) is 19.4 Å². The van der Waals surface area contributed by atoms with Gasteiger partial charge in [0.1, 0.15) is 0 Å². The highest BCUT2D eigenvalue weighted by molar-refractivity contribution is 5.76. The molecule has 0 radical (unpaired) electrons. The van der Waals surface area contributed by atoms with Crippen LogP contribution in [0.5, 0.6) is 0 Å². The van der Waals surface area contributed by atoms with Gasteiger partial charge in [-0.15, -0.1) is 0 Å². The second-order valence-electron chi connectivity index (χ2n) is 23.2. The normalized spacial score (nSPS) is 12.6. The highest BCUT2D eigenvalue weighted by atomic mass is 16.5. The summed E-state index contributed by atoms with van der Waals surface area (Å²) in [4.78, 5) is 24.6. The van der Waals surface area contributed by atoms with Gasteiger partial charge in [-0.2, -0.15) is 0 Å². The second-order valence-corrected chi connectivity index (χ2v) is 23.2. The summed E-state index contributed by atoms with van der Waals surface area (Å²) in [6.07, 6.45) is 79.6. The topological polar surface area (TPSA) is 95.9 Å². The van der Waals surface area contributed by atoms with Crippen LogP contribution >= 0.6 is 0 Å². The first-order valence-electron chi connectivity index (χ1n) is 33.6. The first-order valence-corrected chi connectivity index (χ1v) is 33.6. The molecule has 0 fully saturated rings. The first-order chi connectivity index (χ1) is 36.5. The molecule has 74 heavy (non-hydrogen) atoms. The van der Waals surface area contributed by atoms with E-state index in [0.717, 1.165) is 38.5 Å². The maximum atomic E-state index is 12.5. The van der Waals surface area contributed by atoms with Gasteiger partial charge in [-0.25, -0.2) is 0 Å². The molecule has 0 aliphatic heterocycles. The fourth-order valence-corrected chi connectivity index (χ4v) is 10.6. The van der Waals surface area contributed by atoms with Crippen molar-refractivity contribution in [1.82, 2.24) is 5.32 Å². The van der Waals surface area contributed by atoms with E-state index in [-0.39, 0.29) is 18.5 Å². The van der Waals surface area contributed by atoms with E-state index >= 15 is 0 Å². The molecule has 0 rings (SSSR count). The minimum atomic E-state index is -0.842. The quantitative estimate of drug-likeness (QED) is 0.0320. The van der Waals surface area contributed by atoms with Crippen LogP contribution in [0.4, 0.5) is 0 Å². The van der Waals surface area contributed by atoms with E-state index < -0.39 is 12.1 Å². The summed E-state index contributed by atoms with van der Waals surface area (Å²) in [7, 11) is 0. The molecule has 2 atom stereocenters. The number of rotatable bonds is 63. The zero-order valence-corrected chi connectivity index (χ0v) is 50.1. The standard InChI is InChI=1S/C68H131NO5/c1-3-5-7-9-11-13-15-17-18-19-27-31-34-38-42-46-50-54-58-62-68(73)74-63-59-55-51-47-43-39-35-32-29-26-24-22-20-21-23-25-28-30-33-37-41-45-49-53-57-61-67(72)69-65(64-70)66(71)60-56-52-48-44-40-36-16-14-12-10-8-6-4-2/h17-18,56,60,65-66,70-71H,3-16,19-55,57-59,61-64H2,1-2H3,(H,69,72)/b18-17-,60-56+. The molecule has 0 aromatic rings. The van der Waals surface area contributed by atoms with Crippen LogP contribution in [0.25, 0.3) is 0 Å². The van der Waals surface area contributed by atoms with Gasteiger partial charge in [0.15, 0.2) is 0 Å². The maximum Gasteiger partial charge on any atom is 0.305 e. The van der Waals surface area contributed by atoms with E-state index in [1.165, 1.54) is 308 Å². The van der Waals surface area contributed by atoms with Gasteiger partial charge in [-0.05, 0) is 57.8 Å². The van der Waals surface area contributed by atoms with Gasteiger partial charge in [-0.1, -0.05) is 327 Å². The molecule has 0 saturated heterocycles. The van der Waals surface area contributed by atoms with Crippen molar-refractivity contribution >= 4 is 11.9 Å². The summed E-state index contributed by atoms with van der Waals surface area (Å²) in [5, 5.41) is 23.1. The number of aliphatic hydroxyl groups excluding tert-OH is 2. The molecule has 6 heteroatoms. The lowest BCUT2D eigenvalue weighted by atomic mass is 10.0. The number of aliphatic hydroxyl groups is 2. The molecular formula is C68H131NO5. The van der Waals surface area contributed by atoms with Gasteiger partial charge in [0.05, 0.1) is 25.4 Å². The Hall–Kier alpha value is -1.66. The van der Waals surface area contributed by atoms with Crippen molar-refractivity contribution in [2.24, 2.45) is 0 Å². The summed E-state index contributed by atoms with van der Waals surface area (Å²) in [6, 6.07) is -0.625. The van der Waals surface area contributed by atoms with Crippen LogP contribution in [0.3, 0.4) is 0 Å². The number of esters is 1. The number of carbonyl (C=O) groups excluding carboxylic acids is 2. The van der Waals surface area contributed by atoms with Gasteiger partial charge in [0, 0.05) is 12.8 Å². The summed E-state index contributed by atoms with van der Waals surface area (Å²) in [5.41, 5.74) is 0. The predicted molar refractivity (Wildman–Crippen MR) is 324 cm³/mol. The minimum absolute atomic E-state index is 0.0161. The van der Waals surface area contributed by atoms with E-state index in [2.05, 4.69) is 31.3 Å². The third-order valence-electron chi connectivity index (χ3n) is 15.7. The van der Waals surface area contributed by atoms with Crippen molar-refractivity contribution in [3.8, 4) is 0 Å². The van der Waals surface area contributed by atoms with E-state index in [4.69, 9.17) is 4.74 Å². The Bertz CT molecular complexity index is 1150. The lowest BCUT2D eigenvalue weighted by Crippen LogP contribution is -2.45. The van der Waals surface area contributed by atoms with Crippen molar-refractivity contribution in [1.29, 1.82) is 0 Å². The number of hydrogen-bond donors (Lipinski definition) is 3. The van der Waals surface area contributed by atoms with Gasteiger partial charge in [0.25, 0.3) is 0 Å². The van der Waals surface area contributed by atoms with Gasteiger partial charge >= 0.3 is 5.97 Å². The molecular weight excluding hydrogens is 911 g/mol. The van der Waals surface area contributed by atoms with Gasteiger partial charge in [-0.3, -0.25) is 9.59 Å². The highest BCUT2D eigenvalue weighted by Crippen LogP contribution is 2.18. The smallest absolute Gasteiger partial charge is 0.305 e. The van der Waals surface area contributed by atoms with Crippen molar-refractivity contribution in [3.05, 3.63) is 24.3 Å². The SMILES string of the molecule is CCCCCCCC/C=C\CCCCCCCCCCCC(=O)OCCCCCCCCCCCCCCCCCCCCCCCCCCCC(=O)NC(CO)C(O)/C=C/CCCCCCCCCCCCC. The summed E-state index contributed by atoms with van der Waals surface area (Å²) in [6.45, 7) is 4.92. The third kappa shape index (κ3) is 59.6. The Labute approximate surface area is 462 Å². The molecule has 438 valence electrons. The number of nitrogens with one attached hydrogen (secondary N) is 1. The van der Waals surface area contributed by atoms with Crippen LogP contribution in [-0.2, 0) is 14.3 Å². The van der Waals surface area contributed by atoms with Gasteiger partial charge < -0.3 is 20.3 Å². The summed E-state index contributed by atoms with van der Waals surface area (Å²) in [5.74, 6) is -0.0489. The number of allylic oxidation sites excluding steroid dienone is 3. The second kappa shape index (κ2) is 63.9. The Morgan fingerprint density at radius 1 is 0.365 bits per heavy atom. The average molecular weight is 1040 g/mol. The number of amides is 1. The summed E-state index contributed by atoms with van der Waals surface area (Å²) >= 11 is 0. The van der Waals surface area contributed by atoms with E-state index in [9.17, 15) is 19.8 Å². The number of carbonyl (C=O) groups is 2. The molecule has 0 aromatic heterocycles. The Kier molecular flexibility index (Phi) is 62.4. The van der Waals surface area contributed by atoms with Crippen molar-refractivity contribution in [2.45, 2.75) is 386 Å². The lowest BCUT2D eigenvalue weighted by molar-refractivity contribution is -0.143. The number of hydrogen-bond acceptors (Lipinski definition) is 5. The molecule has 6 nitrogen and oxygen atoms in total. The van der Waals surface area contributed by atoms with Crippen molar-refractivity contribution in [3.63, 3.8) is 0 Å². The zero-order chi connectivity index (χ0) is 53.6. The van der Waals surface area contributed by atoms with Crippen LogP contribution in [0, 0.1) is 0 Å². The van der Waals surface area contributed by atoms with E-state index in [1.54, 1.807) is 6.08 Å². The monoisotopic (exact) mass is 1040 g/mol. The molecule has 3 N–H and O–H groups in total. The van der Waals surface area contributed by atoms with Crippen molar-refractivity contribution < 1.29 is 24.5 Å². The largest absolute Gasteiger partial charge is 0.466 e. The minimum Gasteiger partial charge on any atom is -0.466 e. The fraction of sp³-hybridized carbons (Fsp3) is 0.912. The molecule has 2 unspecified atom stereocenters. The third-order valence-corrected chi connectivity index (χ3v) is 15.7. The fourth-order valence-electron chi connectivity index (χ4n) is 10.6. The lowest BCUT2D eigenvalue weighted by Gasteiger charge is -2.20. The zero-order valence-electron chi connectivity index (χ0n) is 50.1. The molecule has 0 heterocycles. The van der Waals surface area contributed by atoms with Crippen molar-refractivity contribution in [2.75, 3.05) is 13.2 Å². The van der Waals surface area contributed by atoms with Crippen LogP contribution in [0.15, 0.2) is 24.3 Å². The number of ether oxygens (including phenoxy) is 1. The van der Waals surface area contributed by atoms with E-state index in [1.807, 2.05) is 6.08 Å². The number of unbranched alkanes of at least 4 members (excludes halogenated alkanes) is 50.